The van der Waals surface area contributed by atoms with Gasteiger partial charge < -0.3 is 10.1 Å². The molecular weight excluding hydrogens is 304 g/mol. The number of aromatic amines is 1. The van der Waals surface area contributed by atoms with Gasteiger partial charge in [-0.2, -0.15) is 15.4 Å². The van der Waals surface area contributed by atoms with Crippen LogP contribution in [0.1, 0.15) is 17.5 Å². The number of nitrogens with zero attached hydrogens (tertiary/aromatic N) is 2. The SMILES string of the molecule is O=C(NCCC=Cc1ccc2n[nH]nc2c1)OCc1ccccc1. The van der Waals surface area contributed by atoms with E-state index < -0.39 is 6.09 Å². The van der Waals surface area contributed by atoms with Gasteiger partial charge in [-0.1, -0.05) is 48.6 Å². The highest BCUT2D eigenvalue weighted by Crippen LogP contribution is 2.11. The average Bonchev–Trinajstić information content (AvgIpc) is 3.08. The number of amides is 1. The largest absolute Gasteiger partial charge is 0.445 e. The van der Waals surface area contributed by atoms with E-state index in [2.05, 4.69) is 20.7 Å². The number of aromatic nitrogens is 3. The molecule has 0 aliphatic heterocycles. The molecular formula is C18H18N4O2. The molecule has 0 radical (unpaired) electrons. The molecule has 0 saturated heterocycles. The quantitative estimate of drug-likeness (QED) is 0.683. The van der Waals surface area contributed by atoms with E-state index in [4.69, 9.17) is 4.74 Å². The van der Waals surface area contributed by atoms with Crippen molar-refractivity contribution in [1.82, 2.24) is 20.7 Å². The first-order chi connectivity index (χ1) is 11.8. The number of benzene rings is 2. The van der Waals surface area contributed by atoms with Gasteiger partial charge in [-0.25, -0.2) is 4.79 Å². The summed E-state index contributed by atoms with van der Waals surface area (Å²) in [7, 11) is 0. The number of H-pyrrole nitrogens is 1. The van der Waals surface area contributed by atoms with E-state index in [1.165, 1.54) is 0 Å². The Bertz CT molecular complexity index is 827. The second-order valence-electron chi connectivity index (χ2n) is 5.25. The third-order valence-corrected chi connectivity index (χ3v) is 3.44. The van der Waals surface area contributed by atoms with Crippen molar-refractivity contribution in [1.29, 1.82) is 0 Å². The predicted octanol–water partition coefficient (Wildman–Crippen LogP) is 3.29. The number of hydrogen-bond donors (Lipinski definition) is 2. The van der Waals surface area contributed by atoms with Crippen LogP contribution in [0.15, 0.2) is 54.6 Å². The van der Waals surface area contributed by atoms with Crippen molar-refractivity contribution in [2.24, 2.45) is 0 Å². The predicted molar refractivity (Wildman–Crippen MR) is 92.2 cm³/mol. The molecule has 1 heterocycles. The molecule has 0 bridgehead atoms. The number of carbonyl (C=O) groups is 1. The van der Waals surface area contributed by atoms with Crippen molar-refractivity contribution >= 4 is 23.2 Å². The first kappa shape index (κ1) is 15.7. The Morgan fingerprint density at radius 2 is 1.96 bits per heavy atom. The van der Waals surface area contributed by atoms with Crippen LogP contribution >= 0.6 is 0 Å². The molecule has 0 spiro atoms. The van der Waals surface area contributed by atoms with Crippen molar-refractivity contribution in [2.75, 3.05) is 6.54 Å². The van der Waals surface area contributed by atoms with Crippen LogP contribution in [0.25, 0.3) is 17.1 Å². The summed E-state index contributed by atoms with van der Waals surface area (Å²) in [5.74, 6) is 0. The zero-order chi connectivity index (χ0) is 16.6. The molecule has 1 amide bonds. The number of rotatable bonds is 6. The number of ether oxygens (including phenoxy) is 1. The standard InChI is InChI=1S/C18H18N4O2/c23-18(24-13-15-7-2-1-3-8-15)19-11-5-4-6-14-9-10-16-17(12-14)21-22-20-16/h1-4,6-10,12H,5,11,13H2,(H,19,23)(H,20,21,22). The average molecular weight is 322 g/mol. The molecule has 2 N–H and O–H groups in total. The van der Waals surface area contributed by atoms with Crippen molar-refractivity contribution in [3.8, 4) is 0 Å². The van der Waals surface area contributed by atoms with Crippen LogP contribution in [0.5, 0.6) is 0 Å². The van der Waals surface area contributed by atoms with Crippen molar-refractivity contribution in [3.05, 3.63) is 65.7 Å². The van der Waals surface area contributed by atoms with E-state index >= 15 is 0 Å². The Hall–Kier alpha value is -3.15. The lowest BCUT2D eigenvalue weighted by Gasteiger charge is -2.05. The summed E-state index contributed by atoms with van der Waals surface area (Å²) in [5, 5.41) is 13.4. The van der Waals surface area contributed by atoms with Crippen LogP contribution in [0.4, 0.5) is 4.79 Å². The maximum Gasteiger partial charge on any atom is 0.407 e. The van der Waals surface area contributed by atoms with Gasteiger partial charge in [0, 0.05) is 6.54 Å². The molecule has 2 aromatic carbocycles. The summed E-state index contributed by atoms with van der Waals surface area (Å²) in [6.07, 6.45) is 4.30. The summed E-state index contributed by atoms with van der Waals surface area (Å²) >= 11 is 0. The van der Waals surface area contributed by atoms with Gasteiger partial charge in [0.25, 0.3) is 0 Å². The van der Waals surface area contributed by atoms with E-state index in [1.54, 1.807) is 0 Å². The van der Waals surface area contributed by atoms with Gasteiger partial charge in [0.1, 0.15) is 17.6 Å². The van der Waals surface area contributed by atoms with E-state index in [0.717, 1.165) is 28.6 Å². The first-order valence-electron chi connectivity index (χ1n) is 7.73. The van der Waals surface area contributed by atoms with Gasteiger partial charge in [0.15, 0.2) is 0 Å². The number of fused-ring (bicyclic) bond motifs is 1. The Kier molecular flexibility index (Phi) is 5.19. The minimum Gasteiger partial charge on any atom is -0.445 e. The second kappa shape index (κ2) is 7.92. The summed E-state index contributed by atoms with van der Waals surface area (Å²) < 4.78 is 5.14. The molecule has 0 aliphatic rings. The van der Waals surface area contributed by atoms with Crippen molar-refractivity contribution in [3.63, 3.8) is 0 Å². The Labute approximate surface area is 139 Å². The van der Waals surface area contributed by atoms with Crippen LogP contribution in [-0.4, -0.2) is 28.0 Å². The molecule has 0 fully saturated rings. The summed E-state index contributed by atoms with van der Waals surface area (Å²) in [6.45, 7) is 0.802. The molecule has 122 valence electrons. The van der Waals surface area contributed by atoms with Gasteiger partial charge in [0.2, 0.25) is 0 Å². The molecule has 0 atom stereocenters. The van der Waals surface area contributed by atoms with Crippen molar-refractivity contribution < 1.29 is 9.53 Å². The van der Waals surface area contributed by atoms with Crippen LogP contribution in [-0.2, 0) is 11.3 Å². The summed E-state index contributed by atoms with van der Waals surface area (Å²) in [5.41, 5.74) is 3.69. The molecule has 0 aliphatic carbocycles. The smallest absolute Gasteiger partial charge is 0.407 e. The van der Waals surface area contributed by atoms with Crippen molar-refractivity contribution in [2.45, 2.75) is 13.0 Å². The third kappa shape index (κ3) is 4.42. The molecule has 0 saturated carbocycles. The monoisotopic (exact) mass is 322 g/mol. The van der Waals surface area contributed by atoms with Gasteiger partial charge in [-0.3, -0.25) is 0 Å². The minimum absolute atomic E-state index is 0.278. The molecule has 6 nitrogen and oxygen atoms in total. The third-order valence-electron chi connectivity index (χ3n) is 3.44. The van der Waals surface area contributed by atoms with Gasteiger partial charge in [0.05, 0.1) is 0 Å². The fourth-order valence-electron chi connectivity index (χ4n) is 2.21. The highest BCUT2D eigenvalue weighted by Gasteiger charge is 2.01. The second-order valence-corrected chi connectivity index (χ2v) is 5.25. The summed E-state index contributed by atoms with van der Waals surface area (Å²) in [4.78, 5) is 11.6. The normalized spacial score (nSPS) is 11.0. The van der Waals surface area contributed by atoms with Crippen LogP contribution in [0.3, 0.4) is 0 Å². The van der Waals surface area contributed by atoms with Crippen LogP contribution in [0, 0.1) is 0 Å². The number of alkyl carbamates (subject to hydrolysis) is 1. The highest BCUT2D eigenvalue weighted by molar-refractivity contribution is 5.76. The maximum atomic E-state index is 11.6. The molecule has 6 heteroatoms. The zero-order valence-electron chi connectivity index (χ0n) is 13.1. The topological polar surface area (TPSA) is 79.9 Å². The number of nitrogens with one attached hydrogen (secondary N) is 2. The van der Waals surface area contributed by atoms with E-state index in [-0.39, 0.29) is 6.61 Å². The fraction of sp³-hybridized carbons (Fsp3) is 0.167. The zero-order valence-corrected chi connectivity index (χ0v) is 13.1. The van der Waals surface area contributed by atoms with Crippen LogP contribution < -0.4 is 5.32 Å². The molecule has 3 aromatic rings. The molecule has 1 aromatic heterocycles. The lowest BCUT2D eigenvalue weighted by molar-refractivity contribution is 0.140. The molecule has 3 rings (SSSR count). The Morgan fingerprint density at radius 1 is 1.12 bits per heavy atom. The lowest BCUT2D eigenvalue weighted by Crippen LogP contribution is -2.24. The Balaban J connectivity index is 1.37. The highest BCUT2D eigenvalue weighted by atomic mass is 16.5. The fourth-order valence-corrected chi connectivity index (χ4v) is 2.21. The van der Waals surface area contributed by atoms with Gasteiger partial charge in [-0.05, 0) is 29.7 Å². The van der Waals surface area contributed by atoms with E-state index in [0.29, 0.717) is 6.54 Å². The summed E-state index contributed by atoms with van der Waals surface area (Å²) in [6, 6.07) is 15.4. The lowest BCUT2D eigenvalue weighted by atomic mass is 10.2. The maximum absolute atomic E-state index is 11.6. The van der Waals surface area contributed by atoms with Gasteiger partial charge in [-0.15, -0.1) is 0 Å². The van der Waals surface area contributed by atoms with Crippen LogP contribution in [0.2, 0.25) is 0 Å². The number of carbonyl (C=O) groups excluding carboxylic acids is 1. The molecule has 24 heavy (non-hydrogen) atoms. The number of hydrogen-bond acceptors (Lipinski definition) is 4. The Morgan fingerprint density at radius 3 is 2.83 bits per heavy atom. The van der Waals surface area contributed by atoms with Gasteiger partial charge >= 0.3 is 6.09 Å². The van der Waals surface area contributed by atoms with E-state index in [1.807, 2.05) is 60.7 Å². The first-order valence-corrected chi connectivity index (χ1v) is 7.73. The minimum atomic E-state index is -0.406. The molecule has 0 unspecified atom stereocenters. The van der Waals surface area contributed by atoms with E-state index in [9.17, 15) is 4.79 Å².